The number of amides is 3. The molecule has 2 unspecified atom stereocenters. The molecule has 202 valence electrons. The number of para-hydroxylation sites is 1. The van der Waals surface area contributed by atoms with Crippen LogP contribution in [0.2, 0.25) is 0 Å². The molecule has 3 amide bonds. The number of thiol groups is 1. The molecule has 2 rings (SSSR count). The first-order valence-electron chi connectivity index (χ1n) is 12.6. The van der Waals surface area contributed by atoms with Gasteiger partial charge in [0.25, 0.3) is 5.91 Å². The summed E-state index contributed by atoms with van der Waals surface area (Å²) in [4.78, 5) is 42.2. The number of nitrogens with zero attached hydrogens (tertiary/aromatic N) is 1. The fourth-order valence-corrected chi connectivity index (χ4v) is 4.25. The average Bonchev–Trinajstić information content (AvgIpc) is 2.82. The Balaban J connectivity index is 2.57. The molecule has 0 saturated carbocycles. The number of carbonyl (C=O) groups is 3. The fourth-order valence-electron chi connectivity index (χ4n) is 4.00. The Morgan fingerprint density at radius 2 is 1.51 bits per heavy atom. The van der Waals surface area contributed by atoms with Crippen LogP contribution in [0.4, 0.5) is 10.5 Å². The lowest BCUT2D eigenvalue weighted by Crippen LogP contribution is -2.59. The first-order valence-corrected chi connectivity index (χ1v) is 13.2. The zero-order valence-electron chi connectivity index (χ0n) is 23.2. The predicted molar refractivity (Wildman–Crippen MR) is 152 cm³/mol. The first kappa shape index (κ1) is 30.2. The standard InChI is InChI=1S/C29H41N3O4S/c1-9-29(7,8)32(26(34)22(18-37)30-27(35)36-28(4,5)6)24(21-16-11-10-12-17-21)25(33)31-23-19(2)14-13-15-20(23)3/h10-17,22,24,37H,9,18H2,1-8H3,(H,30,35)(H,31,33). The molecular formula is C29H41N3O4S. The molecule has 0 fully saturated rings. The van der Waals surface area contributed by atoms with Gasteiger partial charge < -0.3 is 20.3 Å². The van der Waals surface area contributed by atoms with Crippen molar-refractivity contribution in [2.75, 3.05) is 11.1 Å². The van der Waals surface area contributed by atoms with Crippen molar-refractivity contribution >= 4 is 36.2 Å². The summed E-state index contributed by atoms with van der Waals surface area (Å²) in [5, 5.41) is 5.73. The molecule has 0 saturated heterocycles. The van der Waals surface area contributed by atoms with Gasteiger partial charge in [0.05, 0.1) is 0 Å². The van der Waals surface area contributed by atoms with E-state index in [-0.39, 0.29) is 11.7 Å². The largest absolute Gasteiger partial charge is 0.444 e. The molecule has 0 spiro atoms. The van der Waals surface area contributed by atoms with Gasteiger partial charge in [0, 0.05) is 17.0 Å². The predicted octanol–water partition coefficient (Wildman–Crippen LogP) is 5.82. The summed E-state index contributed by atoms with van der Waals surface area (Å²) in [6.45, 7) is 14.9. The highest BCUT2D eigenvalue weighted by Gasteiger charge is 2.43. The summed E-state index contributed by atoms with van der Waals surface area (Å²) in [5.74, 6) is -0.721. The minimum absolute atomic E-state index is 0.0361. The van der Waals surface area contributed by atoms with E-state index in [0.717, 1.165) is 11.1 Å². The molecule has 0 aliphatic rings. The van der Waals surface area contributed by atoms with Crippen LogP contribution in [0.15, 0.2) is 48.5 Å². The third kappa shape index (κ3) is 7.99. The average molecular weight is 528 g/mol. The molecule has 7 nitrogen and oxygen atoms in total. The number of anilines is 1. The Bertz CT molecular complexity index is 1080. The van der Waals surface area contributed by atoms with Crippen LogP contribution < -0.4 is 10.6 Å². The van der Waals surface area contributed by atoms with E-state index in [1.54, 1.807) is 25.7 Å². The van der Waals surface area contributed by atoms with Gasteiger partial charge in [-0.15, -0.1) is 0 Å². The van der Waals surface area contributed by atoms with Crippen LogP contribution in [0.1, 0.15) is 70.7 Å². The molecule has 8 heteroatoms. The molecule has 2 aromatic carbocycles. The number of hydrogen-bond donors (Lipinski definition) is 3. The van der Waals surface area contributed by atoms with Gasteiger partial charge in [-0.05, 0) is 71.6 Å². The van der Waals surface area contributed by atoms with Crippen LogP contribution in [-0.2, 0) is 14.3 Å². The number of hydrogen-bond acceptors (Lipinski definition) is 5. The summed E-state index contributed by atoms with van der Waals surface area (Å²) in [7, 11) is 0. The topological polar surface area (TPSA) is 87.7 Å². The molecule has 0 aliphatic carbocycles. The third-order valence-electron chi connectivity index (χ3n) is 6.28. The highest BCUT2D eigenvalue weighted by atomic mass is 32.1. The van der Waals surface area contributed by atoms with Gasteiger partial charge in [-0.1, -0.05) is 55.5 Å². The second kappa shape index (κ2) is 12.5. The maximum atomic E-state index is 14.1. The number of nitrogens with one attached hydrogen (secondary N) is 2. The monoisotopic (exact) mass is 527 g/mol. The summed E-state index contributed by atoms with van der Waals surface area (Å²) < 4.78 is 5.38. The minimum Gasteiger partial charge on any atom is -0.444 e. The molecule has 0 aliphatic heterocycles. The van der Waals surface area contributed by atoms with E-state index in [2.05, 4.69) is 23.3 Å². The minimum atomic E-state index is -0.997. The lowest BCUT2D eigenvalue weighted by Gasteiger charge is -2.44. The van der Waals surface area contributed by atoms with Crippen LogP contribution >= 0.6 is 12.6 Å². The summed E-state index contributed by atoms with van der Waals surface area (Å²) in [6, 6.07) is 13.0. The second-order valence-electron chi connectivity index (χ2n) is 10.8. The van der Waals surface area contributed by atoms with Crippen molar-refractivity contribution in [1.29, 1.82) is 0 Å². The quantitative estimate of drug-likeness (QED) is 0.359. The van der Waals surface area contributed by atoms with Gasteiger partial charge in [-0.25, -0.2) is 4.79 Å². The Labute approximate surface area is 226 Å². The number of alkyl carbamates (subject to hydrolysis) is 1. The molecule has 0 heterocycles. The third-order valence-corrected chi connectivity index (χ3v) is 6.64. The van der Waals surface area contributed by atoms with Gasteiger partial charge in [-0.2, -0.15) is 12.6 Å². The Hall–Kier alpha value is -3.00. The summed E-state index contributed by atoms with van der Waals surface area (Å²) in [6.07, 6.45) is -0.143. The molecule has 2 aromatic rings. The van der Waals surface area contributed by atoms with E-state index in [4.69, 9.17) is 4.74 Å². The Morgan fingerprint density at radius 1 is 0.946 bits per heavy atom. The van der Waals surface area contributed by atoms with Crippen LogP contribution in [0.3, 0.4) is 0 Å². The van der Waals surface area contributed by atoms with E-state index in [1.807, 2.05) is 83.1 Å². The van der Waals surface area contributed by atoms with E-state index < -0.39 is 35.2 Å². The second-order valence-corrected chi connectivity index (χ2v) is 11.2. The van der Waals surface area contributed by atoms with E-state index in [0.29, 0.717) is 17.7 Å². The van der Waals surface area contributed by atoms with Crippen molar-refractivity contribution in [3.8, 4) is 0 Å². The van der Waals surface area contributed by atoms with Crippen molar-refractivity contribution in [3.63, 3.8) is 0 Å². The molecule has 2 atom stereocenters. The van der Waals surface area contributed by atoms with Gasteiger partial charge in [0.2, 0.25) is 5.91 Å². The number of aryl methyl sites for hydroxylation is 2. The maximum Gasteiger partial charge on any atom is 0.408 e. The molecule has 0 aromatic heterocycles. The molecule has 0 radical (unpaired) electrons. The van der Waals surface area contributed by atoms with Crippen LogP contribution in [-0.4, -0.2) is 45.7 Å². The lowest BCUT2D eigenvalue weighted by atomic mass is 9.92. The smallest absolute Gasteiger partial charge is 0.408 e. The highest BCUT2D eigenvalue weighted by molar-refractivity contribution is 7.80. The number of carbonyl (C=O) groups excluding carboxylic acids is 3. The van der Waals surface area contributed by atoms with Crippen molar-refractivity contribution in [2.24, 2.45) is 0 Å². The molecule has 37 heavy (non-hydrogen) atoms. The zero-order valence-corrected chi connectivity index (χ0v) is 24.1. The van der Waals surface area contributed by atoms with Gasteiger partial charge in [-0.3, -0.25) is 9.59 Å². The Kier molecular flexibility index (Phi) is 10.2. The SMILES string of the molecule is CCC(C)(C)N(C(=O)C(CS)NC(=O)OC(C)(C)C)C(C(=O)Nc1c(C)cccc1C)c1ccccc1. The Morgan fingerprint density at radius 3 is 2.00 bits per heavy atom. The normalized spacial score (nSPS) is 13.3. The molecule has 0 bridgehead atoms. The summed E-state index contributed by atoms with van der Waals surface area (Å²) >= 11 is 4.36. The van der Waals surface area contributed by atoms with E-state index in [1.165, 1.54) is 0 Å². The van der Waals surface area contributed by atoms with Crippen LogP contribution in [0.5, 0.6) is 0 Å². The highest BCUT2D eigenvalue weighted by Crippen LogP contribution is 2.33. The maximum absolute atomic E-state index is 14.1. The van der Waals surface area contributed by atoms with Gasteiger partial charge in [0.15, 0.2) is 0 Å². The van der Waals surface area contributed by atoms with Gasteiger partial charge >= 0.3 is 6.09 Å². The molecule has 2 N–H and O–H groups in total. The van der Waals surface area contributed by atoms with Crippen LogP contribution in [0.25, 0.3) is 0 Å². The van der Waals surface area contributed by atoms with Crippen molar-refractivity contribution in [3.05, 3.63) is 65.2 Å². The first-order chi connectivity index (χ1) is 17.2. The number of benzene rings is 2. The summed E-state index contributed by atoms with van der Waals surface area (Å²) in [5.41, 5.74) is 1.77. The van der Waals surface area contributed by atoms with Crippen LogP contribution in [0, 0.1) is 13.8 Å². The number of rotatable bonds is 9. The molecular weight excluding hydrogens is 486 g/mol. The van der Waals surface area contributed by atoms with Crippen molar-refractivity contribution in [2.45, 2.75) is 85.0 Å². The fraction of sp³-hybridized carbons (Fsp3) is 0.483. The van der Waals surface area contributed by atoms with Gasteiger partial charge in [0.1, 0.15) is 17.7 Å². The van der Waals surface area contributed by atoms with E-state index in [9.17, 15) is 14.4 Å². The van der Waals surface area contributed by atoms with Crippen molar-refractivity contribution < 1.29 is 19.1 Å². The van der Waals surface area contributed by atoms with Crippen molar-refractivity contribution in [1.82, 2.24) is 10.2 Å². The number of ether oxygens (including phenoxy) is 1. The lowest BCUT2D eigenvalue weighted by molar-refractivity contribution is -0.147. The van der Waals surface area contributed by atoms with E-state index >= 15 is 0 Å². The zero-order chi connectivity index (χ0) is 28.0.